The van der Waals surface area contributed by atoms with Crippen LogP contribution < -0.4 is 5.73 Å². The molecule has 0 aliphatic rings. The molecule has 1 nitrogen and oxygen atoms in total. The van der Waals surface area contributed by atoms with Gasteiger partial charge in [-0.1, -0.05) is 36.4 Å². The number of hydrogen-bond donors (Lipinski definition) is 1. The van der Waals surface area contributed by atoms with E-state index in [9.17, 15) is 0 Å². The van der Waals surface area contributed by atoms with Gasteiger partial charge in [-0.2, -0.15) is 0 Å². The molecule has 0 spiro atoms. The summed E-state index contributed by atoms with van der Waals surface area (Å²) < 4.78 is 0. The maximum atomic E-state index is 5.88. The second kappa shape index (κ2) is 3.56. The summed E-state index contributed by atoms with van der Waals surface area (Å²) in [6.45, 7) is 4.12. The molecule has 1 rings (SSSR count). The van der Waals surface area contributed by atoms with Gasteiger partial charge in [0.2, 0.25) is 0 Å². The first kappa shape index (κ1) is 8.31. The van der Waals surface area contributed by atoms with Crippen LogP contribution in [0.5, 0.6) is 0 Å². The van der Waals surface area contributed by atoms with E-state index >= 15 is 0 Å². The molecule has 1 aromatic rings. The summed E-state index contributed by atoms with van der Waals surface area (Å²) in [7, 11) is 0. The van der Waals surface area contributed by atoms with Gasteiger partial charge < -0.3 is 5.73 Å². The van der Waals surface area contributed by atoms with E-state index in [1.165, 1.54) is 0 Å². The molecular weight excluding hydrogens is 158 g/mol. The first-order valence-corrected chi connectivity index (χ1v) is 3.76. The number of rotatable bonds is 2. The summed E-state index contributed by atoms with van der Waals surface area (Å²) in [6.07, 6.45) is 1.76. The summed E-state index contributed by atoms with van der Waals surface area (Å²) in [5.74, 6) is 0. The Morgan fingerprint density at radius 1 is 1.55 bits per heavy atom. The SMILES string of the molecule is C=Cc1ccc(CN)c(Cl)c1. The molecule has 0 aromatic heterocycles. The van der Waals surface area contributed by atoms with Crippen molar-refractivity contribution in [2.24, 2.45) is 5.73 Å². The van der Waals surface area contributed by atoms with E-state index in [2.05, 4.69) is 6.58 Å². The van der Waals surface area contributed by atoms with Crippen molar-refractivity contribution in [1.82, 2.24) is 0 Å². The van der Waals surface area contributed by atoms with Crippen molar-refractivity contribution in [2.75, 3.05) is 0 Å². The second-order valence-electron chi connectivity index (χ2n) is 2.26. The predicted octanol–water partition coefficient (Wildman–Crippen LogP) is 2.44. The molecule has 58 valence electrons. The van der Waals surface area contributed by atoms with Gasteiger partial charge in [-0.3, -0.25) is 0 Å². The average molecular weight is 168 g/mol. The molecular formula is C9H10ClN. The maximum absolute atomic E-state index is 5.88. The highest BCUT2D eigenvalue weighted by Crippen LogP contribution is 2.17. The van der Waals surface area contributed by atoms with E-state index in [4.69, 9.17) is 17.3 Å². The van der Waals surface area contributed by atoms with Crippen LogP contribution in [0.1, 0.15) is 11.1 Å². The van der Waals surface area contributed by atoms with Gasteiger partial charge >= 0.3 is 0 Å². The topological polar surface area (TPSA) is 26.0 Å². The van der Waals surface area contributed by atoms with Crippen molar-refractivity contribution in [1.29, 1.82) is 0 Å². The molecule has 11 heavy (non-hydrogen) atoms. The molecule has 0 aliphatic carbocycles. The lowest BCUT2D eigenvalue weighted by molar-refractivity contribution is 1.07. The van der Waals surface area contributed by atoms with Crippen molar-refractivity contribution < 1.29 is 0 Å². The molecule has 0 saturated heterocycles. The molecule has 0 heterocycles. The van der Waals surface area contributed by atoms with Gasteiger partial charge in [0.15, 0.2) is 0 Å². The Bertz CT molecular complexity index is 268. The number of hydrogen-bond acceptors (Lipinski definition) is 1. The quantitative estimate of drug-likeness (QED) is 0.720. The zero-order valence-electron chi connectivity index (χ0n) is 6.18. The molecule has 0 bridgehead atoms. The molecule has 1 aromatic carbocycles. The van der Waals surface area contributed by atoms with E-state index in [1.54, 1.807) is 6.08 Å². The van der Waals surface area contributed by atoms with Gasteiger partial charge in [-0.05, 0) is 17.2 Å². The van der Waals surface area contributed by atoms with Crippen LogP contribution in [0.25, 0.3) is 6.08 Å². The lowest BCUT2D eigenvalue weighted by Gasteiger charge is -2.00. The summed E-state index contributed by atoms with van der Waals surface area (Å²) in [4.78, 5) is 0. The fraction of sp³-hybridized carbons (Fsp3) is 0.111. The van der Waals surface area contributed by atoms with Crippen LogP contribution in [0.3, 0.4) is 0 Å². The van der Waals surface area contributed by atoms with Crippen molar-refractivity contribution in [3.63, 3.8) is 0 Å². The van der Waals surface area contributed by atoms with Crippen LogP contribution in [0.15, 0.2) is 24.8 Å². The largest absolute Gasteiger partial charge is 0.326 e. The Morgan fingerprint density at radius 3 is 2.73 bits per heavy atom. The summed E-state index contributed by atoms with van der Waals surface area (Å²) >= 11 is 5.88. The highest BCUT2D eigenvalue weighted by atomic mass is 35.5. The highest BCUT2D eigenvalue weighted by Gasteiger charge is 1.96. The maximum Gasteiger partial charge on any atom is 0.0456 e. The fourth-order valence-corrected chi connectivity index (χ4v) is 1.12. The zero-order chi connectivity index (χ0) is 8.27. The molecule has 2 N–H and O–H groups in total. The number of halogens is 1. The monoisotopic (exact) mass is 167 g/mol. The van der Waals surface area contributed by atoms with Gasteiger partial charge in [-0.25, -0.2) is 0 Å². The third kappa shape index (κ3) is 1.82. The third-order valence-corrected chi connectivity index (χ3v) is 1.88. The van der Waals surface area contributed by atoms with Gasteiger partial charge in [0.1, 0.15) is 0 Å². The van der Waals surface area contributed by atoms with E-state index in [-0.39, 0.29) is 0 Å². The molecule has 0 unspecified atom stereocenters. The Kier molecular flexibility index (Phi) is 2.69. The minimum Gasteiger partial charge on any atom is -0.326 e. The van der Waals surface area contributed by atoms with Crippen LogP contribution in [-0.4, -0.2) is 0 Å². The van der Waals surface area contributed by atoms with E-state index in [0.717, 1.165) is 11.1 Å². The lowest BCUT2D eigenvalue weighted by atomic mass is 10.1. The molecule has 2 heteroatoms. The van der Waals surface area contributed by atoms with Crippen molar-refractivity contribution >= 4 is 17.7 Å². The Morgan fingerprint density at radius 2 is 2.27 bits per heavy atom. The van der Waals surface area contributed by atoms with E-state index in [0.29, 0.717) is 11.6 Å². The lowest BCUT2D eigenvalue weighted by Crippen LogP contribution is -1.96. The van der Waals surface area contributed by atoms with Gasteiger partial charge in [-0.15, -0.1) is 0 Å². The van der Waals surface area contributed by atoms with Gasteiger partial charge in [0.05, 0.1) is 0 Å². The van der Waals surface area contributed by atoms with Crippen molar-refractivity contribution in [2.45, 2.75) is 6.54 Å². The molecule has 0 fully saturated rings. The summed E-state index contributed by atoms with van der Waals surface area (Å²) in [5, 5.41) is 0.713. The highest BCUT2D eigenvalue weighted by molar-refractivity contribution is 6.31. The molecule has 0 radical (unpaired) electrons. The first-order chi connectivity index (χ1) is 5.27. The molecule has 0 amide bonds. The number of nitrogens with two attached hydrogens (primary N) is 1. The van der Waals surface area contributed by atoms with Crippen LogP contribution in [0.2, 0.25) is 5.02 Å². The zero-order valence-corrected chi connectivity index (χ0v) is 6.93. The van der Waals surface area contributed by atoms with Crippen LogP contribution >= 0.6 is 11.6 Å². The van der Waals surface area contributed by atoms with Crippen molar-refractivity contribution in [3.05, 3.63) is 40.9 Å². The first-order valence-electron chi connectivity index (χ1n) is 3.39. The summed E-state index contributed by atoms with van der Waals surface area (Å²) in [5.41, 5.74) is 7.42. The van der Waals surface area contributed by atoms with Crippen molar-refractivity contribution in [3.8, 4) is 0 Å². The predicted molar refractivity (Wildman–Crippen MR) is 49.4 cm³/mol. The number of benzene rings is 1. The Balaban J connectivity index is 3.09. The standard InChI is InChI=1S/C9H10ClN/c1-2-7-3-4-8(6-11)9(10)5-7/h2-5H,1,6,11H2. The minimum atomic E-state index is 0.482. The van der Waals surface area contributed by atoms with E-state index in [1.807, 2.05) is 18.2 Å². The second-order valence-corrected chi connectivity index (χ2v) is 2.67. The Labute approximate surface area is 71.5 Å². The molecule has 0 saturated carbocycles. The average Bonchev–Trinajstić information content (AvgIpc) is 2.04. The normalized spacial score (nSPS) is 9.64. The van der Waals surface area contributed by atoms with Crippen LogP contribution in [0.4, 0.5) is 0 Å². The minimum absolute atomic E-state index is 0.482. The fourth-order valence-electron chi connectivity index (χ4n) is 0.856. The summed E-state index contributed by atoms with van der Waals surface area (Å²) in [6, 6.07) is 5.72. The van der Waals surface area contributed by atoms with Gasteiger partial charge in [0.25, 0.3) is 0 Å². The van der Waals surface area contributed by atoms with Crippen LogP contribution in [-0.2, 0) is 6.54 Å². The molecule has 0 aliphatic heterocycles. The molecule has 0 atom stereocenters. The van der Waals surface area contributed by atoms with E-state index < -0.39 is 0 Å². The Hall–Kier alpha value is -0.790. The van der Waals surface area contributed by atoms with Gasteiger partial charge in [0, 0.05) is 11.6 Å². The third-order valence-electron chi connectivity index (χ3n) is 1.53. The smallest absolute Gasteiger partial charge is 0.0456 e. The van der Waals surface area contributed by atoms with Crippen LogP contribution in [0, 0.1) is 0 Å².